The lowest BCUT2D eigenvalue weighted by Gasteiger charge is -2.52. The summed E-state index contributed by atoms with van der Waals surface area (Å²) in [6.45, 7) is 4.66. The maximum Gasteiger partial charge on any atom is 0.276 e. The van der Waals surface area contributed by atoms with Crippen LogP contribution in [-0.4, -0.2) is 53.2 Å². The van der Waals surface area contributed by atoms with E-state index < -0.39 is 5.60 Å². The molecule has 2 atom stereocenters. The summed E-state index contributed by atoms with van der Waals surface area (Å²) in [4.78, 5) is 28.8. The molecule has 0 unspecified atom stereocenters. The molecule has 1 aromatic heterocycles. The van der Waals surface area contributed by atoms with Crippen molar-refractivity contribution < 1.29 is 18.8 Å². The number of carbonyl (C=O) groups is 2. The Hall–Kier alpha value is -2.67. The molecule has 1 aromatic carbocycles. The van der Waals surface area contributed by atoms with Gasteiger partial charge in [0.2, 0.25) is 0 Å². The van der Waals surface area contributed by atoms with Crippen LogP contribution in [-0.2, 0) is 9.53 Å². The third kappa shape index (κ3) is 2.78. The average Bonchev–Trinajstić information content (AvgIpc) is 3.08. The third-order valence-electron chi connectivity index (χ3n) is 5.16. The molecule has 2 amide bonds. The quantitative estimate of drug-likeness (QED) is 0.824. The first-order chi connectivity index (χ1) is 12.5. The van der Waals surface area contributed by atoms with E-state index in [0.29, 0.717) is 31.0 Å². The van der Waals surface area contributed by atoms with Gasteiger partial charge in [0, 0.05) is 18.3 Å². The number of carbonyl (C=O) groups excluding carboxylic acids is 2. The van der Waals surface area contributed by atoms with Crippen LogP contribution in [0.4, 0.5) is 5.69 Å². The number of aromatic nitrogens is 1. The number of anilines is 1. The van der Waals surface area contributed by atoms with Crippen molar-refractivity contribution >= 4 is 17.5 Å². The molecule has 7 heteroatoms. The Kier molecular flexibility index (Phi) is 4.03. The van der Waals surface area contributed by atoms with Crippen molar-refractivity contribution in [1.82, 2.24) is 10.1 Å². The summed E-state index contributed by atoms with van der Waals surface area (Å²) in [5.74, 6) is 0.378. The summed E-state index contributed by atoms with van der Waals surface area (Å²) >= 11 is 0. The van der Waals surface area contributed by atoms with Crippen LogP contribution >= 0.6 is 0 Å². The van der Waals surface area contributed by atoms with Gasteiger partial charge in [0.05, 0.1) is 12.6 Å². The first-order valence-electron chi connectivity index (χ1n) is 8.71. The minimum absolute atomic E-state index is 0.00694. The highest BCUT2D eigenvalue weighted by Gasteiger charge is 2.50. The average molecular weight is 355 g/mol. The van der Waals surface area contributed by atoms with Crippen molar-refractivity contribution in [2.75, 3.05) is 24.6 Å². The minimum Gasteiger partial charge on any atom is -0.361 e. The normalized spacial score (nSPS) is 25.9. The third-order valence-corrected chi connectivity index (χ3v) is 5.16. The molecule has 2 aliphatic rings. The highest BCUT2D eigenvalue weighted by Crippen LogP contribution is 2.36. The second-order valence-corrected chi connectivity index (χ2v) is 7.05. The monoisotopic (exact) mass is 355 g/mol. The maximum absolute atomic E-state index is 12.7. The molecular weight excluding hydrogens is 334 g/mol. The number of fused-ring (bicyclic) bond motifs is 1. The highest BCUT2D eigenvalue weighted by molar-refractivity contribution is 5.96. The van der Waals surface area contributed by atoms with Gasteiger partial charge in [-0.3, -0.25) is 9.59 Å². The molecule has 3 heterocycles. The first-order valence-corrected chi connectivity index (χ1v) is 8.71. The number of hydrogen-bond acceptors (Lipinski definition) is 5. The minimum atomic E-state index is -0.629. The van der Waals surface area contributed by atoms with E-state index in [1.54, 1.807) is 17.9 Å². The van der Waals surface area contributed by atoms with Crippen molar-refractivity contribution in [3.8, 4) is 0 Å². The number of aryl methyl sites for hydroxylation is 1. The van der Waals surface area contributed by atoms with E-state index in [9.17, 15) is 9.59 Å². The largest absolute Gasteiger partial charge is 0.361 e. The lowest BCUT2D eigenvalue weighted by molar-refractivity contribution is -0.149. The summed E-state index contributed by atoms with van der Waals surface area (Å²) in [7, 11) is 0. The molecule has 2 aliphatic heterocycles. The molecule has 0 saturated carbocycles. The predicted molar refractivity (Wildman–Crippen MR) is 93.8 cm³/mol. The molecule has 136 valence electrons. The molecule has 2 saturated heterocycles. The molecule has 0 spiro atoms. The van der Waals surface area contributed by atoms with Gasteiger partial charge in [-0.25, -0.2) is 0 Å². The van der Waals surface area contributed by atoms with Gasteiger partial charge in [-0.05, 0) is 32.4 Å². The molecule has 0 aliphatic carbocycles. The first kappa shape index (κ1) is 16.8. The van der Waals surface area contributed by atoms with Gasteiger partial charge < -0.3 is 19.1 Å². The van der Waals surface area contributed by atoms with Gasteiger partial charge in [-0.15, -0.1) is 0 Å². The molecular formula is C19H21N3O4. The van der Waals surface area contributed by atoms with Crippen LogP contribution in [0.5, 0.6) is 0 Å². The summed E-state index contributed by atoms with van der Waals surface area (Å²) in [6, 6.07) is 11.1. The van der Waals surface area contributed by atoms with Gasteiger partial charge in [-0.1, -0.05) is 23.4 Å². The number of ether oxygens (including phenoxy) is 1. The van der Waals surface area contributed by atoms with Gasteiger partial charge in [0.15, 0.2) is 5.69 Å². The second kappa shape index (κ2) is 6.25. The lowest BCUT2D eigenvalue weighted by atomic mass is 9.85. The van der Waals surface area contributed by atoms with E-state index in [1.165, 1.54) is 0 Å². The number of rotatable bonds is 2. The van der Waals surface area contributed by atoms with Crippen LogP contribution in [0.2, 0.25) is 0 Å². The predicted octanol–water partition coefficient (Wildman–Crippen LogP) is 2.02. The van der Waals surface area contributed by atoms with E-state index >= 15 is 0 Å². The summed E-state index contributed by atoms with van der Waals surface area (Å²) in [5, 5.41) is 3.82. The number of likely N-dealkylation sites (tertiary alicyclic amines) is 1. The highest BCUT2D eigenvalue weighted by atomic mass is 16.5. The molecule has 26 heavy (non-hydrogen) atoms. The molecule has 0 N–H and O–H groups in total. The molecule has 2 aromatic rings. The fourth-order valence-corrected chi connectivity index (χ4v) is 3.88. The van der Waals surface area contributed by atoms with Crippen LogP contribution in [0.1, 0.15) is 29.6 Å². The number of nitrogens with zero attached hydrogens (tertiary/aromatic N) is 3. The number of amides is 2. The Labute approximate surface area is 151 Å². The maximum atomic E-state index is 12.7. The van der Waals surface area contributed by atoms with E-state index in [4.69, 9.17) is 9.26 Å². The standard InChI is InChI=1S/C19H21N3O4/c1-13-10-15(20-26-13)18(24)21-9-8-16-19(2,12-21)25-11-17(23)22(16)14-6-4-3-5-7-14/h3-7,10,16H,8-9,11-12H2,1-2H3/t16-,19-/m1/s1. The van der Waals surface area contributed by atoms with Crippen molar-refractivity contribution in [2.45, 2.75) is 31.9 Å². The zero-order valence-corrected chi connectivity index (χ0v) is 14.8. The van der Waals surface area contributed by atoms with Gasteiger partial charge in [-0.2, -0.15) is 0 Å². The van der Waals surface area contributed by atoms with Crippen LogP contribution in [0.25, 0.3) is 0 Å². The Morgan fingerprint density at radius 2 is 2.08 bits per heavy atom. The summed E-state index contributed by atoms with van der Waals surface area (Å²) in [5.41, 5.74) is 0.538. The number of piperidine rings is 1. The van der Waals surface area contributed by atoms with Gasteiger partial charge in [0.25, 0.3) is 11.8 Å². The molecule has 0 bridgehead atoms. The molecule has 7 nitrogen and oxygen atoms in total. The Morgan fingerprint density at radius 3 is 2.77 bits per heavy atom. The number of benzene rings is 1. The van der Waals surface area contributed by atoms with Crippen molar-refractivity contribution in [2.24, 2.45) is 0 Å². The summed E-state index contributed by atoms with van der Waals surface area (Å²) < 4.78 is 10.9. The van der Waals surface area contributed by atoms with Crippen LogP contribution in [0.3, 0.4) is 0 Å². The Bertz CT molecular complexity index is 834. The number of morpholine rings is 1. The van der Waals surface area contributed by atoms with E-state index in [2.05, 4.69) is 5.16 Å². The second-order valence-electron chi connectivity index (χ2n) is 7.05. The van der Waals surface area contributed by atoms with Crippen LogP contribution < -0.4 is 4.90 Å². The van der Waals surface area contributed by atoms with E-state index in [0.717, 1.165) is 5.69 Å². The Morgan fingerprint density at radius 1 is 1.31 bits per heavy atom. The topological polar surface area (TPSA) is 75.9 Å². The van der Waals surface area contributed by atoms with Gasteiger partial charge in [0.1, 0.15) is 18.0 Å². The molecule has 2 fully saturated rings. The van der Waals surface area contributed by atoms with E-state index in [1.807, 2.05) is 42.2 Å². The van der Waals surface area contributed by atoms with Crippen molar-refractivity contribution in [3.05, 3.63) is 47.9 Å². The number of hydrogen-bond donors (Lipinski definition) is 0. The van der Waals surface area contributed by atoms with E-state index in [-0.39, 0.29) is 24.5 Å². The SMILES string of the molecule is Cc1cc(C(=O)N2CC[C@H]3N(c4ccccc4)C(=O)CO[C@]3(C)C2)no1. The van der Waals surface area contributed by atoms with Crippen molar-refractivity contribution in [1.29, 1.82) is 0 Å². The fourth-order valence-electron chi connectivity index (χ4n) is 3.88. The number of para-hydroxylation sites is 1. The molecule has 4 rings (SSSR count). The lowest BCUT2D eigenvalue weighted by Crippen LogP contribution is -2.68. The smallest absolute Gasteiger partial charge is 0.276 e. The van der Waals surface area contributed by atoms with Crippen LogP contribution in [0, 0.1) is 6.92 Å². The Balaban J connectivity index is 1.59. The molecule has 0 radical (unpaired) electrons. The van der Waals surface area contributed by atoms with Crippen molar-refractivity contribution in [3.63, 3.8) is 0 Å². The zero-order chi connectivity index (χ0) is 18.3. The van der Waals surface area contributed by atoms with Gasteiger partial charge >= 0.3 is 0 Å². The summed E-state index contributed by atoms with van der Waals surface area (Å²) in [6.07, 6.45) is 0.639. The zero-order valence-electron chi connectivity index (χ0n) is 14.8. The van der Waals surface area contributed by atoms with Crippen LogP contribution in [0.15, 0.2) is 40.9 Å². The fraction of sp³-hybridized carbons (Fsp3) is 0.421.